The van der Waals surface area contributed by atoms with E-state index in [0.29, 0.717) is 17.5 Å². The lowest BCUT2D eigenvalue weighted by atomic mass is 9.90. The van der Waals surface area contributed by atoms with Crippen molar-refractivity contribution in [2.75, 3.05) is 0 Å². The van der Waals surface area contributed by atoms with Gasteiger partial charge in [0.05, 0.1) is 78.8 Å². The lowest BCUT2D eigenvalue weighted by Gasteiger charge is -2.17. The molecule has 11 heteroatoms. The molecule has 20 aromatic carbocycles. The fourth-order valence-electron chi connectivity index (χ4n) is 20.6. The van der Waals surface area contributed by atoms with Crippen LogP contribution in [-0.2, 0) is 0 Å². The van der Waals surface area contributed by atoms with Gasteiger partial charge >= 0.3 is 0 Å². The molecule has 0 atom stereocenters. The number of hydrogen-bond acceptors (Lipinski definition) is 11. The molecule has 0 spiro atoms. The van der Waals surface area contributed by atoms with Gasteiger partial charge < -0.3 is 0 Å². The molecule has 0 N–H and O–H groups in total. The molecule has 0 unspecified atom stereocenters. The standard InChI is InChI=1S/C47H29N3.2C42H26N4/c1-3-14-31(15-4-1)41-29-42(32-16-5-2-6-17-32)49-47(48-41)34-25-23-33(24-26-34)45-43-35-18-8-7-13-30(35)27-28-40(43)44-38-21-11-9-19-36(38)37-20-10-12-22-39(37)46(44)50-45;1-3-13-27(14-4-1)36-26-37(28-15-5-2-6-16-28)45-42(44-36)30-18-11-17-29(25-30)39-35-23-12-24-43-40(35)38-33-21-9-7-19-31(33)32-20-8-10-22-34(32)41(38)46-39;1-3-12-27(13-4-1)36-26-37(28-14-5-2-6-15-28)45-42(44-36)30-23-21-29(22-24-30)39-35-20-11-25-43-40(35)38-33-18-9-7-16-31(33)32-17-8-10-19-34(32)41(38)46-39/h1-29H;2*1-26H. The maximum atomic E-state index is 5.58. The molecule has 0 bridgehead atoms. The van der Waals surface area contributed by atoms with E-state index < -0.39 is 0 Å². The maximum Gasteiger partial charge on any atom is 0.160 e. The zero-order valence-corrected chi connectivity index (χ0v) is 76.7. The van der Waals surface area contributed by atoms with E-state index in [1.165, 1.54) is 64.6 Å². The minimum absolute atomic E-state index is 0.668. The van der Waals surface area contributed by atoms with Gasteiger partial charge in [-0.25, -0.2) is 44.9 Å². The fraction of sp³-hybridized carbons (Fsp3) is 0. The molecule has 0 aliphatic rings. The SMILES string of the molecule is c1ccc(-c2cc(-c3ccccc3)nc(-c3ccc(-c4nc5c6ccccc6c6ccccc6c5c5ccc6ccccc6c45)cc3)n2)cc1.c1ccc(-c2cc(-c3ccccc3)nc(-c3ccc(-c4nc5c6ccccc6c6ccccc6c5c5ncccc45)cc3)n2)cc1.c1ccc(-c2cc(-c3ccccc3)nc(-c3cccc(-c4nc5c6ccccc6c6ccccc6c5c5ncccc45)c3)n2)cc1. The van der Waals surface area contributed by atoms with Crippen molar-refractivity contribution in [2.45, 2.75) is 0 Å². The second-order valence-corrected chi connectivity index (χ2v) is 35.7. The first-order valence-electron chi connectivity index (χ1n) is 47.8. The Morgan fingerprint density at radius 1 is 0.120 bits per heavy atom. The van der Waals surface area contributed by atoms with Gasteiger partial charge in [-0.1, -0.05) is 431 Å². The Morgan fingerprint density at radius 2 is 0.380 bits per heavy atom. The predicted molar refractivity (Wildman–Crippen MR) is 588 cm³/mol. The smallest absolute Gasteiger partial charge is 0.160 e. The van der Waals surface area contributed by atoms with Gasteiger partial charge in [-0.15, -0.1) is 0 Å². The summed E-state index contributed by atoms with van der Waals surface area (Å²) in [5, 5.41) is 24.4. The summed E-state index contributed by atoms with van der Waals surface area (Å²) in [7, 11) is 0. The second kappa shape index (κ2) is 35.8. The van der Waals surface area contributed by atoms with Gasteiger partial charge in [0.1, 0.15) is 0 Å². The van der Waals surface area contributed by atoms with Gasteiger partial charge in [0.2, 0.25) is 0 Å². The molecule has 8 heterocycles. The van der Waals surface area contributed by atoms with Crippen molar-refractivity contribution in [3.8, 4) is 135 Å². The maximum absolute atomic E-state index is 5.58. The van der Waals surface area contributed by atoms with Crippen LogP contribution in [0.1, 0.15) is 0 Å². The molecule has 28 aromatic rings. The third-order valence-electron chi connectivity index (χ3n) is 27.2. The molecule has 0 saturated heterocycles. The molecule has 8 aromatic heterocycles. The Kier molecular flexibility index (Phi) is 21.0. The van der Waals surface area contributed by atoms with Gasteiger partial charge in [0.15, 0.2) is 17.5 Å². The van der Waals surface area contributed by atoms with Crippen molar-refractivity contribution in [3.63, 3.8) is 0 Å². The molecule has 0 radical (unpaired) electrons. The molecule has 660 valence electrons. The van der Waals surface area contributed by atoms with Crippen LogP contribution in [-0.4, -0.2) is 54.8 Å². The Morgan fingerprint density at radius 3 is 0.754 bits per heavy atom. The van der Waals surface area contributed by atoms with Gasteiger partial charge in [-0.05, 0) is 113 Å². The van der Waals surface area contributed by atoms with E-state index >= 15 is 0 Å². The van der Waals surface area contributed by atoms with Crippen LogP contribution in [0.2, 0.25) is 0 Å². The summed E-state index contributed by atoms with van der Waals surface area (Å²) in [4.78, 5) is 56.6. The highest BCUT2D eigenvalue weighted by Gasteiger charge is 2.25. The summed E-state index contributed by atoms with van der Waals surface area (Å²) < 4.78 is 0. The van der Waals surface area contributed by atoms with Crippen molar-refractivity contribution in [1.82, 2.24) is 54.8 Å². The number of hydrogen-bond donors (Lipinski definition) is 0. The second-order valence-electron chi connectivity index (χ2n) is 35.7. The summed E-state index contributed by atoms with van der Waals surface area (Å²) in [5.41, 5.74) is 25.2. The lowest BCUT2D eigenvalue weighted by molar-refractivity contribution is 1.18. The molecule has 142 heavy (non-hydrogen) atoms. The molecular weight excluding hydrogens is 1730 g/mol. The first-order chi connectivity index (χ1) is 70.4. The quantitative estimate of drug-likeness (QED) is 0.108. The van der Waals surface area contributed by atoms with Crippen molar-refractivity contribution in [3.05, 3.63) is 492 Å². The van der Waals surface area contributed by atoms with E-state index in [-0.39, 0.29) is 0 Å². The minimum atomic E-state index is 0.668. The lowest BCUT2D eigenvalue weighted by Crippen LogP contribution is -1.97. The van der Waals surface area contributed by atoms with Crippen LogP contribution in [0.3, 0.4) is 0 Å². The normalized spacial score (nSPS) is 11.5. The van der Waals surface area contributed by atoms with E-state index in [1.54, 1.807) is 0 Å². The molecule has 28 rings (SSSR count). The largest absolute Gasteiger partial charge is 0.255 e. The number of pyridine rings is 5. The molecule has 11 nitrogen and oxygen atoms in total. The van der Waals surface area contributed by atoms with Gasteiger partial charge in [-0.2, -0.15) is 0 Å². The Balaban J connectivity index is 0.000000109. The van der Waals surface area contributed by atoms with E-state index in [0.717, 1.165) is 194 Å². The molecule has 0 amide bonds. The van der Waals surface area contributed by atoms with Crippen LogP contribution in [0.15, 0.2) is 492 Å². The summed E-state index contributed by atoms with van der Waals surface area (Å²) in [6, 6.07) is 166. The highest BCUT2D eigenvalue weighted by Crippen LogP contribution is 2.48. The minimum Gasteiger partial charge on any atom is -0.255 e. The average molecular weight is 1810 g/mol. The van der Waals surface area contributed by atoms with Gasteiger partial charge in [-0.3, -0.25) is 9.97 Å². The highest BCUT2D eigenvalue weighted by atomic mass is 14.9. The molecule has 0 aliphatic heterocycles. The monoisotopic (exact) mass is 1810 g/mol. The zero-order valence-electron chi connectivity index (χ0n) is 76.7. The van der Waals surface area contributed by atoms with Crippen LogP contribution in [0.5, 0.6) is 0 Å². The summed E-state index contributed by atoms with van der Waals surface area (Å²) in [6.07, 6.45) is 3.75. The highest BCUT2D eigenvalue weighted by molar-refractivity contribution is 6.35. The van der Waals surface area contributed by atoms with Crippen LogP contribution in [0, 0.1) is 0 Å². The number of rotatable bonds is 12. The molecule has 0 saturated carbocycles. The van der Waals surface area contributed by atoms with Crippen LogP contribution < -0.4 is 0 Å². The Bertz CT molecular complexity index is 9660. The van der Waals surface area contributed by atoms with Crippen molar-refractivity contribution in [2.24, 2.45) is 0 Å². The molecule has 0 aliphatic carbocycles. The van der Waals surface area contributed by atoms with E-state index in [4.69, 9.17) is 54.8 Å². The number of benzene rings is 20. The number of aromatic nitrogens is 11. The number of fused-ring (bicyclic) bond motifs is 26. The third-order valence-corrected chi connectivity index (χ3v) is 27.2. The first kappa shape index (κ1) is 83.4. The average Bonchev–Trinajstić information content (AvgIpc) is 0.727. The summed E-state index contributed by atoms with van der Waals surface area (Å²) in [5.74, 6) is 2.04. The van der Waals surface area contributed by atoms with E-state index in [9.17, 15) is 0 Å². The van der Waals surface area contributed by atoms with Gasteiger partial charge in [0, 0.05) is 128 Å². The predicted octanol–water partition coefficient (Wildman–Crippen LogP) is 33.4. The van der Waals surface area contributed by atoms with Gasteiger partial charge in [0.25, 0.3) is 0 Å². The fourth-order valence-corrected chi connectivity index (χ4v) is 20.6. The van der Waals surface area contributed by atoms with E-state index in [2.05, 4.69) is 358 Å². The van der Waals surface area contributed by atoms with Crippen LogP contribution >= 0.6 is 0 Å². The van der Waals surface area contributed by atoms with Crippen LogP contribution in [0.4, 0.5) is 0 Å². The molecule has 0 fully saturated rings. The third kappa shape index (κ3) is 15.1. The Hall–Kier alpha value is -19.2. The van der Waals surface area contributed by atoms with E-state index in [1.807, 2.05) is 134 Å². The summed E-state index contributed by atoms with van der Waals surface area (Å²) in [6.45, 7) is 0. The van der Waals surface area contributed by atoms with Crippen molar-refractivity contribution in [1.29, 1.82) is 0 Å². The summed E-state index contributed by atoms with van der Waals surface area (Å²) >= 11 is 0. The zero-order chi connectivity index (χ0) is 93.9. The van der Waals surface area contributed by atoms with Crippen LogP contribution in [0.25, 0.3) is 276 Å². The topological polar surface area (TPSA) is 142 Å². The van der Waals surface area contributed by atoms with Crippen molar-refractivity contribution < 1.29 is 0 Å². The number of nitrogens with zero attached hydrogens (tertiary/aromatic N) is 11. The Labute approximate surface area is 817 Å². The molecular formula is C131H81N11. The first-order valence-corrected chi connectivity index (χ1v) is 47.8. The van der Waals surface area contributed by atoms with Crippen molar-refractivity contribution >= 4 is 141 Å².